The minimum Gasteiger partial charge on any atom is -0.378 e. The van der Waals surface area contributed by atoms with E-state index in [0.717, 1.165) is 61.7 Å². The van der Waals surface area contributed by atoms with Crippen LogP contribution in [0.5, 0.6) is 0 Å². The van der Waals surface area contributed by atoms with Gasteiger partial charge in [-0.25, -0.2) is 9.97 Å². The summed E-state index contributed by atoms with van der Waals surface area (Å²) in [4.78, 5) is 26.4. The fourth-order valence-electron chi connectivity index (χ4n) is 4.42. The van der Waals surface area contributed by atoms with Gasteiger partial charge in [0.15, 0.2) is 0 Å². The van der Waals surface area contributed by atoms with Gasteiger partial charge in [-0.2, -0.15) is 5.10 Å². The fraction of sp³-hybridized carbons (Fsp3) is 0.391. The third-order valence-corrected chi connectivity index (χ3v) is 6.11. The maximum atomic E-state index is 12.4. The molecule has 0 saturated carbocycles. The molecule has 9 nitrogen and oxygen atoms in total. The number of aromatic amines is 1. The van der Waals surface area contributed by atoms with Crippen LogP contribution in [0.3, 0.4) is 0 Å². The van der Waals surface area contributed by atoms with Gasteiger partial charge in [-0.15, -0.1) is 0 Å². The van der Waals surface area contributed by atoms with E-state index in [4.69, 9.17) is 15.5 Å². The first kappa shape index (κ1) is 20.4. The lowest BCUT2D eigenvalue weighted by Crippen LogP contribution is -2.37. The number of aromatic nitrogens is 4. The summed E-state index contributed by atoms with van der Waals surface area (Å²) >= 11 is 0. The van der Waals surface area contributed by atoms with E-state index in [1.165, 1.54) is 6.42 Å². The SMILES string of the molecule is NC(=O)c1nc(-c2cn[nH]c2)ccc1-c1cnc(N2CCOCC2)cc1N1CCCCC1. The van der Waals surface area contributed by atoms with Crippen molar-refractivity contribution in [3.05, 3.63) is 42.5 Å². The zero-order valence-corrected chi connectivity index (χ0v) is 18.0. The predicted molar refractivity (Wildman–Crippen MR) is 123 cm³/mol. The number of nitrogens with one attached hydrogen (secondary N) is 1. The molecule has 2 aliphatic rings. The summed E-state index contributed by atoms with van der Waals surface area (Å²) in [6.07, 6.45) is 8.80. The van der Waals surface area contributed by atoms with Gasteiger partial charge in [0.05, 0.1) is 25.1 Å². The van der Waals surface area contributed by atoms with Crippen molar-refractivity contribution < 1.29 is 9.53 Å². The second-order valence-corrected chi connectivity index (χ2v) is 8.15. The summed E-state index contributed by atoms with van der Waals surface area (Å²) in [5.41, 5.74) is 10.1. The van der Waals surface area contributed by atoms with E-state index < -0.39 is 5.91 Å². The predicted octanol–water partition coefficient (Wildman–Crippen LogP) is 2.46. The van der Waals surface area contributed by atoms with Crippen molar-refractivity contribution in [3.63, 3.8) is 0 Å². The number of primary amides is 1. The van der Waals surface area contributed by atoms with E-state index in [2.05, 4.69) is 31.0 Å². The van der Waals surface area contributed by atoms with E-state index in [1.807, 2.05) is 18.3 Å². The topological polar surface area (TPSA) is 113 Å². The van der Waals surface area contributed by atoms with Crippen LogP contribution in [0.4, 0.5) is 11.5 Å². The van der Waals surface area contributed by atoms with Gasteiger partial charge in [-0.3, -0.25) is 9.89 Å². The molecule has 166 valence electrons. The molecule has 5 rings (SSSR count). The Bertz CT molecular complexity index is 1090. The third kappa shape index (κ3) is 4.03. The standard InChI is InChI=1S/C23H27N7O2/c24-23(31)22-17(4-5-19(28-22)16-13-26-27-14-16)18-15-25-21(30-8-10-32-11-9-30)12-20(18)29-6-2-1-3-7-29/h4-5,12-15H,1-3,6-11H2,(H2,24,31)(H,26,27). The van der Waals surface area contributed by atoms with Crippen LogP contribution in [-0.4, -0.2) is 65.5 Å². The maximum absolute atomic E-state index is 12.4. The van der Waals surface area contributed by atoms with Crippen LogP contribution >= 0.6 is 0 Å². The van der Waals surface area contributed by atoms with E-state index in [9.17, 15) is 4.79 Å². The van der Waals surface area contributed by atoms with Crippen molar-refractivity contribution in [3.8, 4) is 22.4 Å². The normalized spacial score (nSPS) is 16.9. The number of nitrogens with two attached hydrogens (primary N) is 1. The van der Waals surface area contributed by atoms with E-state index in [-0.39, 0.29) is 5.69 Å². The molecule has 0 bridgehead atoms. The van der Waals surface area contributed by atoms with Crippen molar-refractivity contribution in [2.24, 2.45) is 5.73 Å². The number of rotatable bonds is 5. The highest BCUT2D eigenvalue weighted by Crippen LogP contribution is 2.36. The summed E-state index contributed by atoms with van der Waals surface area (Å²) in [5, 5.41) is 6.75. The average Bonchev–Trinajstić information content (AvgIpc) is 3.39. The quantitative estimate of drug-likeness (QED) is 0.635. The summed E-state index contributed by atoms with van der Waals surface area (Å²) in [6, 6.07) is 5.94. The molecule has 5 heterocycles. The largest absolute Gasteiger partial charge is 0.378 e. The van der Waals surface area contributed by atoms with Crippen LogP contribution in [0, 0.1) is 0 Å². The molecule has 9 heteroatoms. The van der Waals surface area contributed by atoms with E-state index in [1.54, 1.807) is 12.4 Å². The average molecular weight is 434 g/mol. The zero-order chi connectivity index (χ0) is 21.9. The Kier molecular flexibility index (Phi) is 5.72. The van der Waals surface area contributed by atoms with Crippen molar-refractivity contribution in [1.82, 2.24) is 20.2 Å². The van der Waals surface area contributed by atoms with Crippen molar-refractivity contribution >= 4 is 17.4 Å². The molecule has 3 aromatic rings. The molecule has 0 aliphatic carbocycles. The van der Waals surface area contributed by atoms with Gasteiger partial charge >= 0.3 is 0 Å². The Labute approximate surface area is 186 Å². The Hall–Kier alpha value is -3.46. The summed E-state index contributed by atoms with van der Waals surface area (Å²) in [6.45, 7) is 5.00. The van der Waals surface area contributed by atoms with Crippen LogP contribution in [0.25, 0.3) is 22.4 Å². The molecule has 3 N–H and O–H groups in total. The summed E-state index contributed by atoms with van der Waals surface area (Å²) < 4.78 is 5.50. The Morgan fingerprint density at radius 2 is 1.81 bits per heavy atom. The number of hydrogen-bond donors (Lipinski definition) is 2. The minimum absolute atomic E-state index is 0.239. The van der Waals surface area contributed by atoms with Crippen LogP contribution in [-0.2, 0) is 4.74 Å². The van der Waals surface area contributed by atoms with E-state index in [0.29, 0.717) is 24.5 Å². The van der Waals surface area contributed by atoms with Crippen LogP contribution in [0.15, 0.2) is 36.8 Å². The van der Waals surface area contributed by atoms with Crippen molar-refractivity contribution in [2.45, 2.75) is 19.3 Å². The van der Waals surface area contributed by atoms with Gasteiger partial charge in [-0.1, -0.05) is 0 Å². The first-order valence-electron chi connectivity index (χ1n) is 11.1. The number of pyridine rings is 2. The first-order valence-corrected chi connectivity index (χ1v) is 11.1. The molecule has 0 aromatic carbocycles. The monoisotopic (exact) mass is 433 g/mol. The van der Waals surface area contributed by atoms with Gasteiger partial charge in [-0.05, 0) is 31.4 Å². The molecule has 0 radical (unpaired) electrons. The maximum Gasteiger partial charge on any atom is 0.267 e. The van der Waals surface area contributed by atoms with Gasteiger partial charge in [0.1, 0.15) is 11.5 Å². The molecule has 2 saturated heterocycles. The van der Waals surface area contributed by atoms with Gasteiger partial charge in [0.25, 0.3) is 5.91 Å². The molecular formula is C23H27N7O2. The summed E-state index contributed by atoms with van der Waals surface area (Å²) in [5.74, 6) is 0.369. The summed E-state index contributed by atoms with van der Waals surface area (Å²) in [7, 11) is 0. The number of carbonyl (C=O) groups is 1. The highest BCUT2D eigenvalue weighted by atomic mass is 16.5. The van der Waals surface area contributed by atoms with Crippen molar-refractivity contribution in [1.29, 1.82) is 0 Å². The number of H-pyrrole nitrogens is 1. The van der Waals surface area contributed by atoms with Crippen molar-refractivity contribution in [2.75, 3.05) is 49.2 Å². The number of carbonyl (C=O) groups excluding carboxylic acids is 1. The Morgan fingerprint density at radius 1 is 1.00 bits per heavy atom. The highest BCUT2D eigenvalue weighted by molar-refractivity contribution is 6.00. The lowest BCUT2D eigenvalue weighted by atomic mass is 10.00. The third-order valence-electron chi connectivity index (χ3n) is 6.11. The molecule has 1 amide bonds. The smallest absolute Gasteiger partial charge is 0.267 e. The number of morpholine rings is 1. The number of hydrogen-bond acceptors (Lipinski definition) is 7. The molecule has 32 heavy (non-hydrogen) atoms. The van der Waals surface area contributed by atoms with Crippen LogP contribution < -0.4 is 15.5 Å². The molecular weight excluding hydrogens is 406 g/mol. The fourth-order valence-corrected chi connectivity index (χ4v) is 4.42. The molecule has 0 atom stereocenters. The lowest BCUT2D eigenvalue weighted by molar-refractivity contribution is 0.0996. The first-order chi connectivity index (χ1) is 15.7. The van der Waals surface area contributed by atoms with Crippen LogP contribution in [0.1, 0.15) is 29.8 Å². The number of nitrogens with zero attached hydrogens (tertiary/aromatic N) is 5. The minimum atomic E-state index is -0.563. The molecule has 0 unspecified atom stereocenters. The van der Waals surface area contributed by atoms with Gasteiger partial charge in [0, 0.05) is 67.0 Å². The number of anilines is 2. The second kappa shape index (κ2) is 8.96. The number of amides is 1. The van der Waals surface area contributed by atoms with Gasteiger partial charge in [0.2, 0.25) is 0 Å². The molecule has 0 spiro atoms. The van der Waals surface area contributed by atoms with Gasteiger partial charge < -0.3 is 20.3 Å². The lowest BCUT2D eigenvalue weighted by Gasteiger charge is -2.33. The van der Waals surface area contributed by atoms with Crippen LogP contribution in [0.2, 0.25) is 0 Å². The zero-order valence-electron chi connectivity index (χ0n) is 18.0. The molecule has 2 fully saturated rings. The molecule has 2 aliphatic heterocycles. The second-order valence-electron chi connectivity index (χ2n) is 8.15. The molecule has 3 aromatic heterocycles. The Morgan fingerprint density at radius 3 is 2.53 bits per heavy atom. The number of ether oxygens (including phenoxy) is 1. The number of piperidine rings is 1. The highest BCUT2D eigenvalue weighted by Gasteiger charge is 2.23. The van der Waals surface area contributed by atoms with E-state index >= 15 is 0 Å². The Balaban J connectivity index is 1.60.